The molecule has 19 heavy (non-hydrogen) atoms. The monoisotopic (exact) mass is 264 g/mol. The SMILES string of the molecule is CC(C)Oc1ccnc(NCC2(C)CCCNC2)n1. The van der Waals surface area contributed by atoms with Gasteiger partial charge in [0.2, 0.25) is 11.8 Å². The van der Waals surface area contributed by atoms with Crippen molar-refractivity contribution in [1.82, 2.24) is 15.3 Å². The molecule has 0 spiro atoms. The summed E-state index contributed by atoms with van der Waals surface area (Å²) in [5, 5.41) is 6.77. The van der Waals surface area contributed by atoms with E-state index in [0.717, 1.165) is 19.6 Å². The summed E-state index contributed by atoms with van der Waals surface area (Å²) in [6.07, 6.45) is 4.32. The van der Waals surface area contributed by atoms with E-state index in [0.29, 0.717) is 11.8 Å². The molecule has 2 rings (SSSR count). The molecule has 1 aromatic rings. The zero-order valence-corrected chi connectivity index (χ0v) is 12.1. The van der Waals surface area contributed by atoms with Gasteiger partial charge in [-0.2, -0.15) is 4.98 Å². The van der Waals surface area contributed by atoms with Crippen molar-refractivity contribution in [3.63, 3.8) is 0 Å². The molecule has 1 atom stereocenters. The van der Waals surface area contributed by atoms with Gasteiger partial charge in [-0.05, 0) is 38.6 Å². The largest absolute Gasteiger partial charge is 0.475 e. The van der Waals surface area contributed by atoms with E-state index in [4.69, 9.17) is 4.74 Å². The maximum atomic E-state index is 5.57. The van der Waals surface area contributed by atoms with Gasteiger partial charge in [-0.25, -0.2) is 4.98 Å². The molecular formula is C14H24N4O. The zero-order valence-electron chi connectivity index (χ0n) is 12.1. The molecule has 0 bridgehead atoms. The Bertz CT molecular complexity index is 402. The number of nitrogens with one attached hydrogen (secondary N) is 2. The van der Waals surface area contributed by atoms with Crippen molar-refractivity contribution in [3.05, 3.63) is 12.3 Å². The Morgan fingerprint density at radius 3 is 3.05 bits per heavy atom. The van der Waals surface area contributed by atoms with Crippen molar-refractivity contribution in [2.24, 2.45) is 5.41 Å². The fraction of sp³-hybridized carbons (Fsp3) is 0.714. The Kier molecular flexibility index (Phi) is 4.58. The quantitative estimate of drug-likeness (QED) is 0.852. The summed E-state index contributed by atoms with van der Waals surface area (Å²) in [4.78, 5) is 8.60. The third-order valence-electron chi connectivity index (χ3n) is 3.35. The highest BCUT2D eigenvalue weighted by molar-refractivity contribution is 5.28. The highest BCUT2D eigenvalue weighted by atomic mass is 16.5. The van der Waals surface area contributed by atoms with Gasteiger partial charge in [0.15, 0.2) is 0 Å². The molecule has 106 valence electrons. The van der Waals surface area contributed by atoms with Crippen LogP contribution in [0.3, 0.4) is 0 Å². The Morgan fingerprint density at radius 2 is 2.37 bits per heavy atom. The molecule has 5 nitrogen and oxygen atoms in total. The van der Waals surface area contributed by atoms with Crippen molar-refractivity contribution in [2.75, 3.05) is 25.0 Å². The van der Waals surface area contributed by atoms with Crippen LogP contribution in [0.15, 0.2) is 12.3 Å². The summed E-state index contributed by atoms with van der Waals surface area (Å²) < 4.78 is 5.57. The topological polar surface area (TPSA) is 59.1 Å². The molecule has 1 aliphatic rings. The van der Waals surface area contributed by atoms with E-state index >= 15 is 0 Å². The number of hydrogen-bond acceptors (Lipinski definition) is 5. The van der Waals surface area contributed by atoms with Gasteiger partial charge in [-0.3, -0.25) is 0 Å². The van der Waals surface area contributed by atoms with Crippen molar-refractivity contribution in [3.8, 4) is 5.88 Å². The number of rotatable bonds is 5. The second kappa shape index (κ2) is 6.19. The minimum atomic E-state index is 0.128. The Morgan fingerprint density at radius 1 is 1.53 bits per heavy atom. The fourth-order valence-corrected chi connectivity index (χ4v) is 2.30. The maximum absolute atomic E-state index is 5.57. The lowest BCUT2D eigenvalue weighted by Gasteiger charge is -2.34. The second-order valence-electron chi connectivity index (χ2n) is 5.83. The van der Waals surface area contributed by atoms with Crippen molar-refractivity contribution in [2.45, 2.75) is 39.7 Å². The molecule has 0 radical (unpaired) electrons. The van der Waals surface area contributed by atoms with Crippen LogP contribution in [0.4, 0.5) is 5.95 Å². The smallest absolute Gasteiger partial charge is 0.225 e. The fourth-order valence-electron chi connectivity index (χ4n) is 2.30. The first-order valence-electron chi connectivity index (χ1n) is 7.02. The number of aromatic nitrogens is 2. The number of anilines is 1. The van der Waals surface area contributed by atoms with E-state index in [-0.39, 0.29) is 11.5 Å². The predicted octanol–water partition coefficient (Wildman–Crippen LogP) is 2.07. The number of nitrogens with zero attached hydrogens (tertiary/aromatic N) is 2. The van der Waals surface area contributed by atoms with Gasteiger partial charge < -0.3 is 15.4 Å². The molecule has 1 unspecified atom stereocenters. The zero-order chi connectivity index (χ0) is 13.7. The highest BCUT2D eigenvalue weighted by Crippen LogP contribution is 2.25. The first-order chi connectivity index (χ1) is 9.07. The molecule has 0 aromatic carbocycles. The third kappa shape index (κ3) is 4.35. The summed E-state index contributed by atoms with van der Waals surface area (Å²) in [5.41, 5.74) is 0.274. The van der Waals surface area contributed by atoms with Crippen LogP contribution in [0.25, 0.3) is 0 Å². The van der Waals surface area contributed by atoms with Crippen LogP contribution in [-0.2, 0) is 0 Å². The molecule has 2 heterocycles. The average Bonchev–Trinajstić information content (AvgIpc) is 2.37. The molecule has 0 saturated carbocycles. The molecule has 0 aliphatic carbocycles. The predicted molar refractivity (Wildman–Crippen MR) is 76.5 cm³/mol. The molecule has 1 aliphatic heterocycles. The Hall–Kier alpha value is -1.36. The second-order valence-corrected chi connectivity index (χ2v) is 5.83. The number of hydrogen-bond donors (Lipinski definition) is 2. The van der Waals surface area contributed by atoms with E-state index in [2.05, 4.69) is 27.5 Å². The normalized spacial score (nSPS) is 23.4. The number of piperidine rings is 1. The van der Waals surface area contributed by atoms with E-state index < -0.39 is 0 Å². The van der Waals surface area contributed by atoms with Gasteiger partial charge in [0.1, 0.15) is 0 Å². The van der Waals surface area contributed by atoms with Crippen LogP contribution >= 0.6 is 0 Å². The minimum Gasteiger partial charge on any atom is -0.475 e. The van der Waals surface area contributed by atoms with Crippen LogP contribution in [0, 0.1) is 5.41 Å². The third-order valence-corrected chi connectivity index (χ3v) is 3.35. The molecule has 5 heteroatoms. The molecule has 2 N–H and O–H groups in total. The standard InChI is InChI=1S/C14H24N4O/c1-11(2)19-12-5-8-16-13(18-12)17-10-14(3)6-4-7-15-9-14/h5,8,11,15H,4,6-7,9-10H2,1-3H3,(H,16,17,18). The van der Waals surface area contributed by atoms with Gasteiger partial charge >= 0.3 is 0 Å². The van der Waals surface area contributed by atoms with Crippen LogP contribution in [0.5, 0.6) is 5.88 Å². The van der Waals surface area contributed by atoms with Crippen LogP contribution in [0.1, 0.15) is 33.6 Å². The summed E-state index contributed by atoms with van der Waals surface area (Å²) in [6.45, 7) is 9.33. The first kappa shape index (κ1) is 14.1. The molecule has 1 fully saturated rings. The van der Waals surface area contributed by atoms with Gasteiger partial charge in [0.25, 0.3) is 0 Å². The van der Waals surface area contributed by atoms with Gasteiger partial charge in [0, 0.05) is 25.4 Å². The van der Waals surface area contributed by atoms with E-state index in [1.54, 1.807) is 12.3 Å². The summed E-state index contributed by atoms with van der Waals surface area (Å²) >= 11 is 0. The maximum Gasteiger partial charge on any atom is 0.225 e. The Labute approximate surface area is 115 Å². The lowest BCUT2D eigenvalue weighted by molar-refractivity contribution is 0.232. The first-order valence-corrected chi connectivity index (χ1v) is 7.02. The van der Waals surface area contributed by atoms with Crippen molar-refractivity contribution < 1.29 is 4.74 Å². The van der Waals surface area contributed by atoms with Gasteiger partial charge in [-0.15, -0.1) is 0 Å². The molecule has 1 saturated heterocycles. The molecule has 0 amide bonds. The van der Waals surface area contributed by atoms with E-state index in [9.17, 15) is 0 Å². The van der Waals surface area contributed by atoms with Crippen LogP contribution in [0.2, 0.25) is 0 Å². The van der Waals surface area contributed by atoms with Crippen LogP contribution in [-0.4, -0.2) is 35.7 Å². The lowest BCUT2D eigenvalue weighted by Crippen LogP contribution is -2.42. The average molecular weight is 264 g/mol. The summed E-state index contributed by atoms with van der Waals surface area (Å²) in [7, 11) is 0. The molecule has 1 aromatic heterocycles. The highest BCUT2D eigenvalue weighted by Gasteiger charge is 2.26. The van der Waals surface area contributed by atoms with Crippen molar-refractivity contribution in [1.29, 1.82) is 0 Å². The number of ether oxygens (including phenoxy) is 1. The van der Waals surface area contributed by atoms with Crippen molar-refractivity contribution >= 4 is 5.95 Å². The minimum absolute atomic E-state index is 0.128. The van der Waals surface area contributed by atoms with E-state index in [1.165, 1.54) is 12.8 Å². The van der Waals surface area contributed by atoms with E-state index in [1.807, 2.05) is 13.8 Å². The summed E-state index contributed by atoms with van der Waals surface area (Å²) in [5.74, 6) is 1.27. The Balaban J connectivity index is 1.91. The van der Waals surface area contributed by atoms with Crippen LogP contribution < -0.4 is 15.4 Å². The van der Waals surface area contributed by atoms with Gasteiger partial charge in [0.05, 0.1) is 6.10 Å². The van der Waals surface area contributed by atoms with Gasteiger partial charge in [-0.1, -0.05) is 6.92 Å². The lowest BCUT2D eigenvalue weighted by atomic mass is 9.83. The summed E-state index contributed by atoms with van der Waals surface area (Å²) in [6, 6.07) is 1.79. The molecular weight excluding hydrogens is 240 g/mol.